The van der Waals surface area contributed by atoms with Crippen LogP contribution in [-0.4, -0.2) is 40.3 Å². The third kappa shape index (κ3) is 3.17. The number of hydrogen-bond donors (Lipinski definition) is 1. The molecule has 1 unspecified atom stereocenters. The molecule has 0 fully saturated rings. The van der Waals surface area contributed by atoms with Crippen molar-refractivity contribution < 1.29 is 0 Å². The second kappa shape index (κ2) is 6.35. The quantitative estimate of drug-likeness (QED) is 0.914. The SMILES string of the molecule is Cc1ncccc1C(N)c1c(Cl)cnn1CCN(C)C. The summed E-state index contributed by atoms with van der Waals surface area (Å²) in [4.78, 5) is 6.38. The monoisotopic (exact) mass is 293 g/mol. The number of aryl methyl sites for hydroxylation is 1. The van der Waals surface area contributed by atoms with Crippen LogP contribution < -0.4 is 5.73 Å². The maximum Gasteiger partial charge on any atom is 0.0837 e. The molecule has 6 heteroatoms. The van der Waals surface area contributed by atoms with Crippen molar-refractivity contribution in [2.45, 2.75) is 19.5 Å². The summed E-state index contributed by atoms with van der Waals surface area (Å²) in [6.45, 7) is 3.58. The van der Waals surface area contributed by atoms with Crippen LogP contribution in [0.5, 0.6) is 0 Å². The highest BCUT2D eigenvalue weighted by atomic mass is 35.5. The van der Waals surface area contributed by atoms with E-state index < -0.39 is 0 Å². The topological polar surface area (TPSA) is 60.0 Å². The van der Waals surface area contributed by atoms with Gasteiger partial charge in [0.2, 0.25) is 0 Å². The zero-order valence-electron chi connectivity index (χ0n) is 12.0. The minimum absolute atomic E-state index is 0.319. The number of halogens is 1. The van der Waals surface area contributed by atoms with Gasteiger partial charge in [0.15, 0.2) is 0 Å². The summed E-state index contributed by atoms with van der Waals surface area (Å²) >= 11 is 6.26. The van der Waals surface area contributed by atoms with Crippen molar-refractivity contribution in [3.63, 3.8) is 0 Å². The number of hydrogen-bond acceptors (Lipinski definition) is 4. The van der Waals surface area contributed by atoms with Crippen molar-refractivity contribution in [2.75, 3.05) is 20.6 Å². The normalized spacial score (nSPS) is 12.9. The Morgan fingerprint density at radius 1 is 1.45 bits per heavy atom. The van der Waals surface area contributed by atoms with Gasteiger partial charge in [0, 0.05) is 18.4 Å². The first kappa shape index (κ1) is 15.0. The van der Waals surface area contributed by atoms with Crippen LogP contribution in [0.2, 0.25) is 5.02 Å². The zero-order chi connectivity index (χ0) is 14.7. The lowest BCUT2D eigenvalue weighted by Crippen LogP contribution is -2.24. The summed E-state index contributed by atoms with van der Waals surface area (Å²) in [6.07, 6.45) is 3.41. The van der Waals surface area contributed by atoms with E-state index in [1.807, 2.05) is 37.8 Å². The third-order valence-corrected chi connectivity index (χ3v) is 3.56. The summed E-state index contributed by atoms with van der Waals surface area (Å²) in [6, 6.07) is 3.55. The van der Waals surface area contributed by atoms with Crippen LogP contribution in [0.4, 0.5) is 0 Å². The molecule has 0 bridgehead atoms. The molecule has 2 rings (SSSR count). The van der Waals surface area contributed by atoms with Crippen molar-refractivity contribution in [2.24, 2.45) is 5.73 Å². The molecule has 5 nitrogen and oxygen atoms in total. The van der Waals surface area contributed by atoms with Gasteiger partial charge in [-0.15, -0.1) is 0 Å². The van der Waals surface area contributed by atoms with Gasteiger partial charge in [-0.25, -0.2) is 0 Å². The molecule has 0 amide bonds. The van der Waals surface area contributed by atoms with Crippen LogP contribution in [0.1, 0.15) is 23.0 Å². The van der Waals surface area contributed by atoms with Gasteiger partial charge in [-0.1, -0.05) is 17.7 Å². The lowest BCUT2D eigenvalue weighted by Gasteiger charge is -2.18. The van der Waals surface area contributed by atoms with Gasteiger partial charge in [-0.3, -0.25) is 9.67 Å². The number of likely N-dealkylation sites (N-methyl/N-ethyl adjacent to an activating group) is 1. The van der Waals surface area contributed by atoms with E-state index in [0.29, 0.717) is 5.02 Å². The Morgan fingerprint density at radius 2 is 2.20 bits per heavy atom. The molecule has 108 valence electrons. The molecule has 0 radical (unpaired) electrons. The molecule has 0 saturated carbocycles. The minimum Gasteiger partial charge on any atom is -0.319 e. The van der Waals surface area contributed by atoms with Gasteiger partial charge in [0.1, 0.15) is 0 Å². The van der Waals surface area contributed by atoms with E-state index in [-0.39, 0.29) is 6.04 Å². The predicted octanol–water partition coefficient (Wildman–Crippen LogP) is 1.85. The molecule has 2 N–H and O–H groups in total. The molecule has 20 heavy (non-hydrogen) atoms. The Labute approximate surface area is 124 Å². The van der Waals surface area contributed by atoms with Crippen molar-refractivity contribution in [3.8, 4) is 0 Å². The first-order chi connectivity index (χ1) is 9.50. The van der Waals surface area contributed by atoms with Gasteiger partial charge < -0.3 is 10.6 Å². The van der Waals surface area contributed by atoms with E-state index in [1.54, 1.807) is 12.4 Å². The first-order valence-corrected chi connectivity index (χ1v) is 6.91. The standard InChI is InChI=1S/C14H20ClN5/c1-10-11(5-4-6-17-10)13(16)14-12(15)9-18-20(14)8-7-19(2)3/h4-6,9,13H,7-8,16H2,1-3H3. The smallest absolute Gasteiger partial charge is 0.0837 e. The Bertz CT molecular complexity index is 579. The van der Waals surface area contributed by atoms with E-state index >= 15 is 0 Å². The summed E-state index contributed by atoms with van der Waals surface area (Å²) in [5.41, 5.74) is 9.09. The molecule has 1 atom stereocenters. The maximum atomic E-state index is 6.37. The molecule has 0 aliphatic heterocycles. The highest BCUT2D eigenvalue weighted by Gasteiger charge is 2.20. The van der Waals surface area contributed by atoms with Gasteiger partial charge >= 0.3 is 0 Å². The van der Waals surface area contributed by atoms with Gasteiger partial charge in [0.25, 0.3) is 0 Å². The lowest BCUT2D eigenvalue weighted by molar-refractivity contribution is 0.368. The van der Waals surface area contributed by atoms with E-state index in [4.69, 9.17) is 17.3 Å². The van der Waals surface area contributed by atoms with E-state index in [1.165, 1.54) is 0 Å². The first-order valence-electron chi connectivity index (χ1n) is 6.53. The van der Waals surface area contributed by atoms with Gasteiger partial charge in [0.05, 0.1) is 29.5 Å². The highest BCUT2D eigenvalue weighted by Crippen LogP contribution is 2.27. The Kier molecular flexibility index (Phi) is 4.75. The molecule has 0 spiro atoms. The van der Waals surface area contributed by atoms with Gasteiger partial charge in [-0.05, 0) is 32.6 Å². The molecule has 2 aromatic heterocycles. The summed E-state index contributed by atoms with van der Waals surface area (Å²) < 4.78 is 1.87. The molecule has 2 heterocycles. The average molecular weight is 294 g/mol. The highest BCUT2D eigenvalue weighted by molar-refractivity contribution is 6.31. The molecular weight excluding hydrogens is 274 g/mol. The number of rotatable bonds is 5. The van der Waals surface area contributed by atoms with E-state index in [2.05, 4.69) is 15.0 Å². The van der Waals surface area contributed by atoms with Crippen LogP contribution >= 0.6 is 11.6 Å². The van der Waals surface area contributed by atoms with Crippen LogP contribution in [0, 0.1) is 6.92 Å². The fraction of sp³-hybridized carbons (Fsp3) is 0.429. The maximum absolute atomic E-state index is 6.37. The largest absolute Gasteiger partial charge is 0.319 e. The van der Waals surface area contributed by atoms with Crippen molar-refractivity contribution in [1.82, 2.24) is 19.7 Å². The fourth-order valence-electron chi connectivity index (χ4n) is 2.13. The molecule has 2 aromatic rings. The van der Waals surface area contributed by atoms with Crippen molar-refractivity contribution in [1.29, 1.82) is 0 Å². The molecule has 0 aliphatic rings. The second-order valence-electron chi connectivity index (χ2n) is 5.06. The summed E-state index contributed by atoms with van der Waals surface area (Å²) in [5.74, 6) is 0. The second-order valence-corrected chi connectivity index (χ2v) is 5.47. The number of nitrogens with two attached hydrogens (primary N) is 1. The van der Waals surface area contributed by atoms with Crippen LogP contribution in [-0.2, 0) is 6.54 Å². The van der Waals surface area contributed by atoms with Crippen LogP contribution in [0.3, 0.4) is 0 Å². The molecule has 0 saturated heterocycles. The van der Waals surface area contributed by atoms with E-state index in [9.17, 15) is 0 Å². The summed E-state index contributed by atoms with van der Waals surface area (Å²) in [7, 11) is 4.05. The Balaban J connectivity index is 2.32. The van der Waals surface area contributed by atoms with E-state index in [0.717, 1.165) is 30.0 Å². The minimum atomic E-state index is -0.319. The van der Waals surface area contributed by atoms with Crippen molar-refractivity contribution >= 4 is 11.6 Å². The third-order valence-electron chi connectivity index (χ3n) is 3.27. The number of aromatic nitrogens is 3. The molecule has 0 aliphatic carbocycles. The molecular formula is C14H20ClN5. The van der Waals surface area contributed by atoms with Crippen LogP contribution in [0.15, 0.2) is 24.5 Å². The number of nitrogens with zero attached hydrogens (tertiary/aromatic N) is 4. The molecule has 0 aromatic carbocycles. The van der Waals surface area contributed by atoms with Crippen LogP contribution in [0.25, 0.3) is 0 Å². The lowest BCUT2D eigenvalue weighted by atomic mass is 10.0. The average Bonchev–Trinajstić information content (AvgIpc) is 2.77. The zero-order valence-corrected chi connectivity index (χ0v) is 12.8. The Hall–Kier alpha value is -1.43. The Morgan fingerprint density at radius 3 is 2.85 bits per heavy atom. The predicted molar refractivity (Wildman–Crippen MR) is 80.8 cm³/mol. The number of pyridine rings is 1. The fourth-order valence-corrected chi connectivity index (χ4v) is 2.39. The van der Waals surface area contributed by atoms with Gasteiger partial charge in [-0.2, -0.15) is 5.10 Å². The summed E-state index contributed by atoms with van der Waals surface area (Å²) in [5, 5.41) is 4.92. The van der Waals surface area contributed by atoms with Crippen molar-refractivity contribution in [3.05, 3.63) is 46.5 Å².